The molecule has 1 aromatic heterocycles. The summed E-state index contributed by atoms with van der Waals surface area (Å²) in [6.07, 6.45) is 0. The first kappa shape index (κ1) is 20.5. The number of amides is 1. The lowest BCUT2D eigenvalue weighted by Crippen LogP contribution is -2.31. The Bertz CT molecular complexity index is 970. The second-order valence-electron chi connectivity index (χ2n) is 6.08. The van der Waals surface area contributed by atoms with Gasteiger partial charge in [0.05, 0.1) is 25.8 Å². The van der Waals surface area contributed by atoms with Gasteiger partial charge in [-0.15, -0.1) is 0 Å². The first-order valence-corrected chi connectivity index (χ1v) is 9.05. The molecule has 1 heterocycles. The third-order valence-electron chi connectivity index (χ3n) is 4.07. The molecule has 0 bridgehead atoms. The third kappa shape index (κ3) is 5.17. The van der Waals surface area contributed by atoms with E-state index >= 15 is 0 Å². The molecule has 0 spiro atoms. The van der Waals surface area contributed by atoms with Crippen molar-refractivity contribution in [3.05, 3.63) is 53.4 Å². The molecule has 3 aromatic rings. The fourth-order valence-corrected chi connectivity index (χ4v) is 2.70. The Labute approximate surface area is 172 Å². The number of benzene rings is 2. The summed E-state index contributed by atoms with van der Waals surface area (Å²) in [5, 5.41) is 4.44. The molecule has 2 aromatic carbocycles. The zero-order chi connectivity index (χ0) is 20.8. The van der Waals surface area contributed by atoms with Gasteiger partial charge in [0.1, 0.15) is 17.2 Å². The van der Waals surface area contributed by atoms with Crippen molar-refractivity contribution in [3.8, 4) is 28.6 Å². The highest BCUT2D eigenvalue weighted by molar-refractivity contribution is 6.33. The summed E-state index contributed by atoms with van der Waals surface area (Å²) in [5.41, 5.74) is 0.661. The van der Waals surface area contributed by atoms with E-state index in [4.69, 9.17) is 30.3 Å². The van der Waals surface area contributed by atoms with E-state index in [9.17, 15) is 4.79 Å². The van der Waals surface area contributed by atoms with E-state index in [2.05, 4.69) is 10.1 Å². The van der Waals surface area contributed by atoms with Gasteiger partial charge in [-0.3, -0.25) is 4.79 Å². The van der Waals surface area contributed by atoms with Crippen LogP contribution >= 0.6 is 11.6 Å². The largest absolute Gasteiger partial charge is 0.496 e. The normalized spacial score (nSPS) is 10.5. The lowest BCUT2D eigenvalue weighted by molar-refractivity contribution is -0.132. The maximum atomic E-state index is 12.4. The second kappa shape index (κ2) is 9.29. The number of ether oxygens (including phenoxy) is 3. The molecule has 0 aliphatic carbocycles. The molecule has 9 heteroatoms. The molecular formula is C20H20ClN3O5. The van der Waals surface area contributed by atoms with Crippen LogP contribution in [0.5, 0.6) is 17.2 Å². The van der Waals surface area contributed by atoms with Gasteiger partial charge < -0.3 is 23.6 Å². The molecule has 0 radical (unpaired) electrons. The molecule has 8 nitrogen and oxygen atoms in total. The number of hydrogen-bond donors (Lipinski definition) is 0. The predicted molar refractivity (Wildman–Crippen MR) is 106 cm³/mol. The van der Waals surface area contributed by atoms with Gasteiger partial charge >= 0.3 is 0 Å². The van der Waals surface area contributed by atoms with Gasteiger partial charge in [0.15, 0.2) is 6.61 Å². The van der Waals surface area contributed by atoms with Crippen LogP contribution in [0.1, 0.15) is 5.89 Å². The van der Waals surface area contributed by atoms with Crippen LogP contribution in [-0.4, -0.2) is 48.8 Å². The number of rotatable bonds is 8. The minimum Gasteiger partial charge on any atom is -0.496 e. The molecule has 0 unspecified atom stereocenters. The molecular weight excluding hydrogens is 398 g/mol. The van der Waals surface area contributed by atoms with Gasteiger partial charge in [0.25, 0.3) is 5.91 Å². The van der Waals surface area contributed by atoms with Crippen molar-refractivity contribution in [3.63, 3.8) is 0 Å². The van der Waals surface area contributed by atoms with Gasteiger partial charge in [0, 0.05) is 30.8 Å². The maximum Gasteiger partial charge on any atom is 0.260 e. The minimum absolute atomic E-state index is 0.140. The molecule has 0 saturated carbocycles. The summed E-state index contributed by atoms with van der Waals surface area (Å²) in [5.74, 6) is 1.99. The number of aromatic nitrogens is 2. The highest BCUT2D eigenvalue weighted by Gasteiger charge is 2.16. The number of carbonyl (C=O) groups excluding carboxylic acids is 1. The monoisotopic (exact) mass is 417 g/mol. The van der Waals surface area contributed by atoms with Crippen LogP contribution in [0.2, 0.25) is 5.02 Å². The molecule has 0 N–H and O–H groups in total. The highest BCUT2D eigenvalue weighted by atomic mass is 35.5. The molecule has 0 atom stereocenters. The summed E-state index contributed by atoms with van der Waals surface area (Å²) >= 11 is 6.15. The van der Waals surface area contributed by atoms with Crippen LogP contribution in [0, 0.1) is 0 Å². The molecule has 0 aliphatic rings. The Morgan fingerprint density at radius 1 is 1.10 bits per heavy atom. The highest BCUT2D eigenvalue weighted by Crippen LogP contribution is 2.27. The number of methoxy groups -OCH3 is 2. The zero-order valence-electron chi connectivity index (χ0n) is 16.2. The Balaban J connectivity index is 1.59. The summed E-state index contributed by atoms with van der Waals surface area (Å²) in [6, 6.07) is 12.2. The average Bonchev–Trinajstić information content (AvgIpc) is 3.20. The van der Waals surface area contributed by atoms with E-state index in [-0.39, 0.29) is 19.1 Å². The number of halogens is 1. The van der Waals surface area contributed by atoms with Crippen molar-refractivity contribution in [1.29, 1.82) is 0 Å². The van der Waals surface area contributed by atoms with Crippen molar-refractivity contribution in [1.82, 2.24) is 15.0 Å². The van der Waals surface area contributed by atoms with E-state index < -0.39 is 0 Å². The lowest BCUT2D eigenvalue weighted by atomic mass is 10.2. The quantitative estimate of drug-likeness (QED) is 0.554. The minimum atomic E-state index is -0.260. The Hall–Kier alpha value is -3.26. The molecule has 3 rings (SSSR count). The lowest BCUT2D eigenvalue weighted by Gasteiger charge is -2.16. The van der Waals surface area contributed by atoms with Crippen molar-refractivity contribution in [2.24, 2.45) is 0 Å². The predicted octanol–water partition coefficient (Wildman–Crippen LogP) is 3.44. The first-order valence-electron chi connectivity index (χ1n) is 8.67. The van der Waals surface area contributed by atoms with E-state index in [1.807, 2.05) is 12.1 Å². The van der Waals surface area contributed by atoms with Gasteiger partial charge in [-0.25, -0.2) is 0 Å². The van der Waals surface area contributed by atoms with E-state index in [1.165, 1.54) is 4.90 Å². The van der Waals surface area contributed by atoms with Crippen molar-refractivity contribution < 1.29 is 23.5 Å². The van der Waals surface area contributed by atoms with Crippen LogP contribution in [0.15, 0.2) is 47.0 Å². The number of likely N-dealkylation sites (N-methyl/N-ethyl adjacent to an activating group) is 1. The third-order valence-corrected chi connectivity index (χ3v) is 4.40. The summed E-state index contributed by atoms with van der Waals surface area (Å²) in [4.78, 5) is 18.1. The van der Waals surface area contributed by atoms with Crippen LogP contribution in [-0.2, 0) is 11.3 Å². The van der Waals surface area contributed by atoms with E-state index in [1.54, 1.807) is 51.6 Å². The fraction of sp³-hybridized carbons (Fsp3) is 0.250. The number of hydrogen-bond acceptors (Lipinski definition) is 7. The van der Waals surface area contributed by atoms with Crippen LogP contribution in [0.25, 0.3) is 11.4 Å². The van der Waals surface area contributed by atoms with Gasteiger partial charge in [-0.05, 0) is 12.1 Å². The van der Waals surface area contributed by atoms with E-state index in [0.717, 1.165) is 0 Å². The molecule has 0 aliphatic heterocycles. The van der Waals surface area contributed by atoms with Crippen LogP contribution in [0.3, 0.4) is 0 Å². The van der Waals surface area contributed by atoms with Crippen molar-refractivity contribution >= 4 is 17.5 Å². The average molecular weight is 418 g/mol. The maximum absolute atomic E-state index is 12.4. The molecule has 0 saturated heterocycles. The standard InChI is InChI=1S/C20H20ClN3O5/c1-24(11-18-22-20(23-29-18)16-6-4-5-7-17(16)21)19(25)12-28-15-9-13(26-2)8-14(10-15)27-3/h4-10H,11-12H2,1-3H3. The van der Waals surface area contributed by atoms with Crippen molar-refractivity contribution in [2.45, 2.75) is 6.54 Å². The van der Waals surface area contributed by atoms with Gasteiger partial charge in [0.2, 0.25) is 11.7 Å². The molecule has 1 amide bonds. The molecule has 152 valence electrons. The SMILES string of the molecule is COc1cc(OC)cc(OCC(=O)N(C)Cc2nc(-c3ccccc3Cl)no2)c1. The topological polar surface area (TPSA) is 86.9 Å². The molecule has 0 fully saturated rings. The molecule has 29 heavy (non-hydrogen) atoms. The Kier molecular flexibility index (Phi) is 6.56. The summed E-state index contributed by atoms with van der Waals surface area (Å²) < 4.78 is 21.2. The van der Waals surface area contributed by atoms with Gasteiger partial charge in [-0.1, -0.05) is 28.9 Å². The fourth-order valence-electron chi connectivity index (χ4n) is 2.48. The first-order chi connectivity index (χ1) is 14.0. The summed E-state index contributed by atoms with van der Waals surface area (Å²) in [7, 11) is 4.70. The second-order valence-corrected chi connectivity index (χ2v) is 6.49. The Morgan fingerprint density at radius 3 is 2.41 bits per heavy atom. The smallest absolute Gasteiger partial charge is 0.260 e. The zero-order valence-corrected chi connectivity index (χ0v) is 17.0. The summed E-state index contributed by atoms with van der Waals surface area (Å²) in [6.45, 7) is -0.0284. The Morgan fingerprint density at radius 2 is 1.76 bits per heavy atom. The number of nitrogens with zero attached hydrogens (tertiary/aromatic N) is 3. The van der Waals surface area contributed by atoms with E-state index in [0.29, 0.717) is 39.5 Å². The van der Waals surface area contributed by atoms with Crippen molar-refractivity contribution in [2.75, 3.05) is 27.9 Å². The van der Waals surface area contributed by atoms with Gasteiger partial charge in [-0.2, -0.15) is 4.98 Å². The van der Waals surface area contributed by atoms with Crippen LogP contribution < -0.4 is 14.2 Å². The number of carbonyl (C=O) groups is 1. The van der Waals surface area contributed by atoms with Crippen LogP contribution in [0.4, 0.5) is 0 Å².